The first-order chi connectivity index (χ1) is 10.3. The predicted octanol–water partition coefficient (Wildman–Crippen LogP) is 3.04. The first kappa shape index (κ1) is 14.6. The third-order valence-corrected chi connectivity index (χ3v) is 4.74. The summed E-state index contributed by atoms with van der Waals surface area (Å²) < 4.78 is 5.83. The number of aryl methyl sites for hydroxylation is 1. The predicted molar refractivity (Wildman–Crippen MR) is 83.0 cm³/mol. The zero-order valence-corrected chi connectivity index (χ0v) is 12.7. The normalized spacial score (nSPS) is 22.9. The van der Waals surface area contributed by atoms with Crippen LogP contribution in [0.5, 0.6) is 0 Å². The maximum atomic E-state index is 12.3. The van der Waals surface area contributed by atoms with Gasteiger partial charge in [0.15, 0.2) is 0 Å². The molecule has 2 aliphatic rings. The number of ether oxygens (including phenoxy) is 1. The van der Waals surface area contributed by atoms with E-state index in [2.05, 4.69) is 30.3 Å². The fourth-order valence-electron chi connectivity index (χ4n) is 3.19. The molecule has 2 fully saturated rings. The molecule has 21 heavy (non-hydrogen) atoms. The van der Waals surface area contributed by atoms with Crippen LogP contribution in [0.4, 0.5) is 0 Å². The van der Waals surface area contributed by atoms with Gasteiger partial charge in [0.2, 0.25) is 5.91 Å². The van der Waals surface area contributed by atoms with Crippen molar-refractivity contribution in [2.45, 2.75) is 44.6 Å². The summed E-state index contributed by atoms with van der Waals surface area (Å²) in [4.78, 5) is 14.3. The Morgan fingerprint density at radius 1 is 1.24 bits per heavy atom. The molecule has 1 saturated heterocycles. The van der Waals surface area contributed by atoms with Crippen molar-refractivity contribution in [3.63, 3.8) is 0 Å². The Kier molecular flexibility index (Phi) is 4.91. The Hall–Kier alpha value is -1.35. The van der Waals surface area contributed by atoms with Crippen LogP contribution < -0.4 is 0 Å². The molecular formula is C18H25NO2. The van der Waals surface area contributed by atoms with Crippen molar-refractivity contribution in [3.05, 3.63) is 35.9 Å². The SMILES string of the molecule is O=C(C1CCC1)N1CCOC(CCCc2ccccc2)C1. The lowest BCUT2D eigenvalue weighted by molar-refractivity contribution is -0.146. The monoisotopic (exact) mass is 287 g/mol. The molecule has 114 valence electrons. The topological polar surface area (TPSA) is 29.5 Å². The van der Waals surface area contributed by atoms with Gasteiger partial charge >= 0.3 is 0 Å². The Morgan fingerprint density at radius 3 is 2.76 bits per heavy atom. The van der Waals surface area contributed by atoms with Gasteiger partial charge in [0, 0.05) is 19.0 Å². The van der Waals surface area contributed by atoms with Gasteiger partial charge in [-0.2, -0.15) is 0 Å². The van der Waals surface area contributed by atoms with Crippen LogP contribution in [-0.4, -0.2) is 36.6 Å². The van der Waals surface area contributed by atoms with Gasteiger partial charge < -0.3 is 9.64 Å². The minimum atomic E-state index is 0.228. The summed E-state index contributed by atoms with van der Waals surface area (Å²) in [6.45, 7) is 2.28. The van der Waals surface area contributed by atoms with E-state index in [0.717, 1.165) is 45.2 Å². The quantitative estimate of drug-likeness (QED) is 0.833. The van der Waals surface area contributed by atoms with Crippen molar-refractivity contribution < 1.29 is 9.53 Å². The van der Waals surface area contributed by atoms with Crippen LogP contribution in [-0.2, 0) is 16.0 Å². The summed E-state index contributed by atoms with van der Waals surface area (Å²) in [5.74, 6) is 0.686. The Bertz CT molecular complexity index is 456. The molecule has 1 aliphatic heterocycles. The lowest BCUT2D eigenvalue weighted by atomic mass is 9.84. The Morgan fingerprint density at radius 2 is 2.05 bits per heavy atom. The van der Waals surface area contributed by atoms with Gasteiger partial charge in [-0.25, -0.2) is 0 Å². The summed E-state index contributed by atoms with van der Waals surface area (Å²) in [6, 6.07) is 10.6. The molecule has 1 saturated carbocycles. The fourth-order valence-corrected chi connectivity index (χ4v) is 3.19. The van der Waals surface area contributed by atoms with E-state index in [9.17, 15) is 4.79 Å². The average molecular weight is 287 g/mol. The highest BCUT2D eigenvalue weighted by Crippen LogP contribution is 2.29. The molecule has 0 radical (unpaired) electrons. The minimum absolute atomic E-state index is 0.228. The molecule has 1 aliphatic carbocycles. The second-order valence-corrected chi connectivity index (χ2v) is 6.28. The highest BCUT2D eigenvalue weighted by molar-refractivity contribution is 5.79. The summed E-state index contributed by atoms with van der Waals surface area (Å²) in [5.41, 5.74) is 1.38. The standard InChI is InChI=1S/C18H25NO2/c20-18(16-9-5-10-16)19-12-13-21-17(14-19)11-4-8-15-6-2-1-3-7-15/h1-3,6-7,16-17H,4-5,8-14H2. The van der Waals surface area contributed by atoms with Gasteiger partial charge in [-0.3, -0.25) is 4.79 Å². The maximum Gasteiger partial charge on any atom is 0.225 e. The molecule has 0 bridgehead atoms. The molecule has 3 nitrogen and oxygen atoms in total. The van der Waals surface area contributed by atoms with Gasteiger partial charge in [-0.1, -0.05) is 36.8 Å². The van der Waals surface area contributed by atoms with Crippen molar-refractivity contribution in [2.75, 3.05) is 19.7 Å². The molecular weight excluding hydrogens is 262 g/mol. The summed E-state index contributed by atoms with van der Waals surface area (Å²) in [6.07, 6.45) is 6.90. The van der Waals surface area contributed by atoms with E-state index in [0.29, 0.717) is 18.4 Å². The molecule has 0 N–H and O–H groups in total. The number of nitrogens with zero attached hydrogens (tertiary/aromatic N) is 1. The molecule has 0 aromatic heterocycles. The van der Waals surface area contributed by atoms with E-state index in [1.54, 1.807) is 0 Å². The molecule has 3 rings (SSSR count). The van der Waals surface area contributed by atoms with Crippen LogP contribution in [0.1, 0.15) is 37.7 Å². The summed E-state index contributed by atoms with van der Waals surface area (Å²) >= 11 is 0. The molecule has 1 atom stereocenters. The van der Waals surface area contributed by atoms with Gasteiger partial charge in [0.1, 0.15) is 0 Å². The van der Waals surface area contributed by atoms with Crippen molar-refractivity contribution in [1.29, 1.82) is 0 Å². The number of hydrogen-bond donors (Lipinski definition) is 0. The molecule has 1 aromatic rings. The van der Waals surface area contributed by atoms with Crippen molar-refractivity contribution in [3.8, 4) is 0 Å². The second-order valence-electron chi connectivity index (χ2n) is 6.28. The van der Waals surface area contributed by atoms with Gasteiger partial charge in [-0.05, 0) is 37.7 Å². The van der Waals surface area contributed by atoms with Crippen LogP contribution >= 0.6 is 0 Å². The lowest BCUT2D eigenvalue weighted by Crippen LogP contribution is -2.48. The summed E-state index contributed by atoms with van der Waals surface area (Å²) in [7, 11) is 0. The highest BCUT2D eigenvalue weighted by atomic mass is 16.5. The molecule has 1 aromatic carbocycles. The summed E-state index contributed by atoms with van der Waals surface area (Å²) in [5, 5.41) is 0. The number of hydrogen-bond acceptors (Lipinski definition) is 2. The second kappa shape index (κ2) is 7.08. The van der Waals surface area contributed by atoms with Gasteiger partial charge in [-0.15, -0.1) is 0 Å². The van der Waals surface area contributed by atoms with E-state index < -0.39 is 0 Å². The Labute approximate surface area is 127 Å². The zero-order chi connectivity index (χ0) is 14.5. The maximum absolute atomic E-state index is 12.3. The van der Waals surface area contributed by atoms with Crippen molar-refractivity contribution >= 4 is 5.91 Å². The van der Waals surface area contributed by atoms with Gasteiger partial charge in [0.25, 0.3) is 0 Å². The lowest BCUT2D eigenvalue weighted by Gasteiger charge is -2.37. The number of carbonyl (C=O) groups is 1. The zero-order valence-electron chi connectivity index (χ0n) is 12.7. The smallest absolute Gasteiger partial charge is 0.225 e. The van der Waals surface area contributed by atoms with Crippen LogP contribution in [0.15, 0.2) is 30.3 Å². The molecule has 1 amide bonds. The van der Waals surface area contributed by atoms with Crippen LogP contribution in [0.3, 0.4) is 0 Å². The van der Waals surface area contributed by atoms with Crippen LogP contribution in [0.25, 0.3) is 0 Å². The largest absolute Gasteiger partial charge is 0.375 e. The first-order valence-electron chi connectivity index (χ1n) is 8.27. The number of carbonyl (C=O) groups excluding carboxylic acids is 1. The van der Waals surface area contributed by atoms with Crippen molar-refractivity contribution in [1.82, 2.24) is 4.90 Å². The third-order valence-electron chi connectivity index (χ3n) is 4.74. The fraction of sp³-hybridized carbons (Fsp3) is 0.611. The number of amides is 1. The minimum Gasteiger partial charge on any atom is -0.375 e. The highest BCUT2D eigenvalue weighted by Gasteiger charge is 2.32. The van der Waals surface area contributed by atoms with Crippen LogP contribution in [0.2, 0.25) is 0 Å². The number of morpholine rings is 1. The first-order valence-corrected chi connectivity index (χ1v) is 8.27. The van der Waals surface area contributed by atoms with E-state index in [1.165, 1.54) is 12.0 Å². The number of rotatable bonds is 5. The van der Waals surface area contributed by atoms with Crippen molar-refractivity contribution in [2.24, 2.45) is 5.92 Å². The Balaban J connectivity index is 1.42. The molecule has 1 unspecified atom stereocenters. The molecule has 0 spiro atoms. The number of benzene rings is 1. The van der Waals surface area contributed by atoms with Crippen LogP contribution in [0, 0.1) is 5.92 Å². The van der Waals surface area contributed by atoms with E-state index in [-0.39, 0.29) is 6.10 Å². The van der Waals surface area contributed by atoms with E-state index >= 15 is 0 Å². The average Bonchev–Trinajstić information content (AvgIpc) is 2.47. The third kappa shape index (κ3) is 3.85. The molecule has 3 heteroatoms. The molecule has 1 heterocycles. The van der Waals surface area contributed by atoms with Gasteiger partial charge in [0.05, 0.1) is 12.7 Å². The van der Waals surface area contributed by atoms with E-state index in [1.807, 2.05) is 4.90 Å². The van der Waals surface area contributed by atoms with E-state index in [4.69, 9.17) is 4.74 Å².